The maximum absolute atomic E-state index is 13.3. The average molecular weight is 413 g/mol. The van der Waals surface area contributed by atoms with Gasteiger partial charge in [-0.1, -0.05) is 0 Å². The fraction of sp³-hybridized carbons (Fsp3) is 0.105. The van der Waals surface area contributed by atoms with E-state index < -0.39 is 0 Å². The van der Waals surface area contributed by atoms with Gasteiger partial charge in [0.1, 0.15) is 23.6 Å². The summed E-state index contributed by atoms with van der Waals surface area (Å²) < 4.78 is 21.2. The Bertz CT molecular complexity index is 1110. The minimum absolute atomic E-state index is 0.283. The molecule has 0 aliphatic heterocycles. The van der Waals surface area contributed by atoms with Crippen LogP contribution in [0.2, 0.25) is 0 Å². The number of ether oxygens (including phenoxy) is 1. The number of methoxy groups -OCH3 is 1. The van der Waals surface area contributed by atoms with Crippen molar-refractivity contribution in [1.82, 2.24) is 19.7 Å². The van der Waals surface area contributed by atoms with Gasteiger partial charge in [0.05, 0.1) is 22.8 Å². The Morgan fingerprint density at radius 2 is 1.85 bits per heavy atom. The lowest BCUT2D eigenvalue weighted by Gasteiger charge is -2.09. The number of rotatable bonds is 3. The van der Waals surface area contributed by atoms with E-state index in [-0.39, 0.29) is 5.82 Å². The summed E-state index contributed by atoms with van der Waals surface area (Å²) >= 11 is 3.52. The largest absolute Gasteiger partial charge is 0.495 e. The molecule has 0 saturated heterocycles. The summed E-state index contributed by atoms with van der Waals surface area (Å²) in [5.41, 5.74) is 3.93. The predicted octanol–water partition coefficient (Wildman–Crippen LogP) is 4.61. The second kappa shape index (κ2) is 6.49. The van der Waals surface area contributed by atoms with Crippen molar-refractivity contribution in [2.75, 3.05) is 7.11 Å². The number of hydrogen-bond acceptors (Lipinski definition) is 4. The van der Waals surface area contributed by atoms with Crippen LogP contribution in [0.15, 0.2) is 53.4 Å². The van der Waals surface area contributed by atoms with Gasteiger partial charge in [-0.15, -0.1) is 0 Å². The van der Waals surface area contributed by atoms with Gasteiger partial charge >= 0.3 is 0 Å². The molecule has 26 heavy (non-hydrogen) atoms. The second-order valence-corrected chi connectivity index (χ2v) is 6.65. The van der Waals surface area contributed by atoms with Crippen LogP contribution in [0.4, 0.5) is 4.39 Å². The number of fused-ring (bicyclic) bond motifs is 1. The molecule has 2 heterocycles. The van der Waals surface area contributed by atoms with Gasteiger partial charge in [0, 0.05) is 35.8 Å². The monoisotopic (exact) mass is 412 g/mol. The van der Waals surface area contributed by atoms with Crippen LogP contribution in [-0.2, 0) is 7.05 Å². The zero-order valence-electron chi connectivity index (χ0n) is 14.1. The Hall–Kier alpha value is -2.80. The molecule has 0 radical (unpaired) electrons. The Morgan fingerprint density at radius 1 is 1.08 bits per heavy atom. The molecule has 0 amide bonds. The molecule has 0 saturated carbocycles. The van der Waals surface area contributed by atoms with Gasteiger partial charge in [-0.2, -0.15) is 5.10 Å². The summed E-state index contributed by atoms with van der Waals surface area (Å²) in [6, 6.07) is 10.1. The minimum atomic E-state index is -0.283. The minimum Gasteiger partial charge on any atom is -0.495 e. The second-order valence-electron chi connectivity index (χ2n) is 5.80. The van der Waals surface area contributed by atoms with Crippen molar-refractivity contribution in [2.24, 2.45) is 7.05 Å². The zero-order chi connectivity index (χ0) is 18.3. The van der Waals surface area contributed by atoms with Crippen LogP contribution in [0.3, 0.4) is 0 Å². The molecular formula is C19H14BrFN4O. The maximum Gasteiger partial charge on any atom is 0.135 e. The van der Waals surface area contributed by atoms with Crippen LogP contribution in [0.25, 0.3) is 33.4 Å². The van der Waals surface area contributed by atoms with E-state index in [0.717, 1.165) is 37.9 Å². The first-order valence-electron chi connectivity index (χ1n) is 7.85. The van der Waals surface area contributed by atoms with E-state index in [4.69, 9.17) is 4.74 Å². The normalized spacial score (nSPS) is 11.1. The lowest BCUT2D eigenvalue weighted by Crippen LogP contribution is -1.92. The van der Waals surface area contributed by atoms with Crippen molar-refractivity contribution in [2.45, 2.75) is 0 Å². The fourth-order valence-corrected chi connectivity index (χ4v) is 3.42. The predicted molar refractivity (Wildman–Crippen MR) is 101 cm³/mol. The average Bonchev–Trinajstić information content (AvgIpc) is 3.03. The number of nitrogens with zero attached hydrogens (tertiary/aromatic N) is 4. The quantitative estimate of drug-likeness (QED) is 0.493. The molecule has 4 rings (SSSR count). The zero-order valence-corrected chi connectivity index (χ0v) is 15.7. The van der Waals surface area contributed by atoms with Gasteiger partial charge in [0.15, 0.2) is 0 Å². The maximum atomic E-state index is 13.3. The SMILES string of the molecule is COc1cc2ncnc(-c3cn(C)nc3-c3ccc(F)cc3)c2cc1Br. The van der Waals surface area contributed by atoms with Gasteiger partial charge in [-0.05, 0) is 46.3 Å². The van der Waals surface area contributed by atoms with E-state index in [2.05, 4.69) is 31.0 Å². The van der Waals surface area contributed by atoms with E-state index in [1.165, 1.54) is 18.5 Å². The summed E-state index contributed by atoms with van der Waals surface area (Å²) in [5, 5.41) is 5.42. The lowest BCUT2D eigenvalue weighted by molar-refractivity contribution is 0.412. The number of aryl methyl sites for hydroxylation is 1. The van der Waals surface area contributed by atoms with E-state index in [1.54, 1.807) is 23.9 Å². The topological polar surface area (TPSA) is 52.8 Å². The molecule has 4 aromatic rings. The molecule has 0 spiro atoms. The molecule has 2 aromatic heterocycles. The molecule has 0 aliphatic carbocycles. The van der Waals surface area contributed by atoms with Gasteiger partial charge in [-0.25, -0.2) is 14.4 Å². The van der Waals surface area contributed by atoms with Gasteiger partial charge in [-0.3, -0.25) is 4.68 Å². The van der Waals surface area contributed by atoms with Gasteiger partial charge in [0.2, 0.25) is 0 Å². The Morgan fingerprint density at radius 3 is 2.58 bits per heavy atom. The highest BCUT2D eigenvalue weighted by molar-refractivity contribution is 9.10. The van der Waals surface area contributed by atoms with Crippen molar-refractivity contribution < 1.29 is 9.13 Å². The van der Waals surface area contributed by atoms with Crippen molar-refractivity contribution in [3.05, 3.63) is 59.2 Å². The third-order valence-electron chi connectivity index (χ3n) is 4.11. The van der Waals surface area contributed by atoms with E-state index in [1.807, 2.05) is 25.4 Å². The first-order valence-corrected chi connectivity index (χ1v) is 8.64. The third kappa shape index (κ3) is 2.84. The molecule has 7 heteroatoms. The summed E-state index contributed by atoms with van der Waals surface area (Å²) in [6.07, 6.45) is 3.42. The molecule has 0 unspecified atom stereocenters. The fourth-order valence-electron chi connectivity index (χ4n) is 2.91. The van der Waals surface area contributed by atoms with Crippen molar-refractivity contribution in [3.63, 3.8) is 0 Å². The van der Waals surface area contributed by atoms with Gasteiger partial charge < -0.3 is 4.74 Å². The van der Waals surface area contributed by atoms with Crippen LogP contribution in [0, 0.1) is 5.82 Å². The highest BCUT2D eigenvalue weighted by Crippen LogP contribution is 2.37. The summed E-state index contributed by atoms with van der Waals surface area (Å²) in [4.78, 5) is 8.84. The summed E-state index contributed by atoms with van der Waals surface area (Å²) in [5.74, 6) is 0.418. The van der Waals surface area contributed by atoms with Crippen molar-refractivity contribution >= 4 is 26.8 Å². The number of hydrogen-bond donors (Lipinski definition) is 0. The lowest BCUT2D eigenvalue weighted by atomic mass is 10.0. The first kappa shape index (κ1) is 16.7. The molecule has 0 atom stereocenters. The molecule has 2 aromatic carbocycles. The third-order valence-corrected chi connectivity index (χ3v) is 4.73. The van der Waals surface area contributed by atoms with E-state index in [0.29, 0.717) is 5.75 Å². The molecule has 0 N–H and O–H groups in total. The van der Waals surface area contributed by atoms with Crippen LogP contribution in [0.1, 0.15) is 0 Å². The highest BCUT2D eigenvalue weighted by Gasteiger charge is 2.17. The van der Waals surface area contributed by atoms with E-state index in [9.17, 15) is 4.39 Å². The number of halogens is 2. The van der Waals surface area contributed by atoms with Crippen LogP contribution >= 0.6 is 15.9 Å². The number of benzene rings is 2. The van der Waals surface area contributed by atoms with Gasteiger partial charge in [0.25, 0.3) is 0 Å². The van der Waals surface area contributed by atoms with Crippen LogP contribution in [-0.4, -0.2) is 26.9 Å². The van der Waals surface area contributed by atoms with E-state index >= 15 is 0 Å². The molecule has 0 aliphatic rings. The Kier molecular flexibility index (Phi) is 4.16. The first-order chi connectivity index (χ1) is 12.6. The molecular weight excluding hydrogens is 399 g/mol. The summed E-state index contributed by atoms with van der Waals surface area (Å²) in [7, 11) is 3.46. The Balaban J connectivity index is 1.96. The summed E-state index contributed by atoms with van der Waals surface area (Å²) in [6.45, 7) is 0. The standard InChI is InChI=1S/C19H14BrFN4O/c1-25-9-14(18(24-25)11-3-5-12(21)6-4-11)19-13-7-15(20)17(26-2)8-16(13)22-10-23-19/h3-10H,1-2H3. The smallest absolute Gasteiger partial charge is 0.135 e. The van der Waals surface area contributed by atoms with Crippen molar-refractivity contribution in [3.8, 4) is 28.3 Å². The highest BCUT2D eigenvalue weighted by atomic mass is 79.9. The van der Waals surface area contributed by atoms with Crippen molar-refractivity contribution in [1.29, 1.82) is 0 Å². The Labute approximate surface area is 157 Å². The molecule has 5 nitrogen and oxygen atoms in total. The molecule has 130 valence electrons. The molecule has 0 fully saturated rings. The van der Waals surface area contributed by atoms with Crippen LogP contribution in [0.5, 0.6) is 5.75 Å². The number of aromatic nitrogens is 4. The van der Waals surface area contributed by atoms with Crippen LogP contribution < -0.4 is 4.74 Å². The molecule has 0 bridgehead atoms.